The molecule has 4 rings (SSSR count). The summed E-state index contributed by atoms with van der Waals surface area (Å²) in [5.41, 5.74) is 3.64. The average Bonchev–Trinajstić information content (AvgIpc) is 3.07. The molecule has 154 valence electrons. The summed E-state index contributed by atoms with van der Waals surface area (Å²) in [6.07, 6.45) is 1.95. The molecule has 0 fully saturated rings. The van der Waals surface area contributed by atoms with Gasteiger partial charge in [0.1, 0.15) is 0 Å². The molecular weight excluding hydrogens is 396 g/mol. The van der Waals surface area contributed by atoms with E-state index in [1.165, 1.54) is 10.6 Å². The van der Waals surface area contributed by atoms with Crippen molar-refractivity contribution in [1.82, 2.24) is 0 Å². The van der Waals surface area contributed by atoms with Crippen LogP contribution < -0.4 is 9.21 Å². The van der Waals surface area contributed by atoms with Gasteiger partial charge in [-0.15, -0.1) is 0 Å². The summed E-state index contributed by atoms with van der Waals surface area (Å²) in [5, 5.41) is 0. The SMILES string of the molecule is C[C@H]1Cc2ccccc2N1C(=O)c1ccccc1N(Cc1ccccc1)S(C)(=O)=O. The molecule has 1 aliphatic heterocycles. The topological polar surface area (TPSA) is 57.7 Å². The van der Waals surface area contributed by atoms with Gasteiger partial charge in [0.15, 0.2) is 0 Å². The van der Waals surface area contributed by atoms with Gasteiger partial charge in [-0.2, -0.15) is 0 Å². The molecule has 0 aliphatic carbocycles. The van der Waals surface area contributed by atoms with E-state index < -0.39 is 10.0 Å². The molecule has 0 unspecified atom stereocenters. The van der Waals surface area contributed by atoms with Gasteiger partial charge in [0.2, 0.25) is 10.0 Å². The number of benzene rings is 3. The minimum Gasteiger partial charge on any atom is -0.305 e. The van der Waals surface area contributed by atoms with Crippen molar-refractivity contribution in [2.45, 2.75) is 25.9 Å². The Bertz CT molecular complexity index is 1180. The summed E-state index contributed by atoms with van der Waals surface area (Å²) in [6.45, 7) is 2.18. The summed E-state index contributed by atoms with van der Waals surface area (Å²) >= 11 is 0. The maximum atomic E-state index is 13.6. The standard InChI is InChI=1S/C24H24N2O3S/c1-18-16-20-12-6-8-14-22(20)26(18)24(27)21-13-7-9-15-23(21)25(30(2,28)29)17-19-10-4-3-5-11-19/h3-15,18H,16-17H2,1-2H3/t18-/m0/s1. The Hall–Kier alpha value is -3.12. The Morgan fingerprint density at radius 2 is 1.60 bits per heavy atom. The number of carbonyl (C=O) groups is 1. The van der Waals surface area contributed by atoms with Crippen LogP contribution in [0.1, 0.15) is 28.4 Å². The van der Waals surface area contributed by atoms with Crippen molar-refractivity contribution >= 4 is 27.3 Å². The highest BCUT2D eigenvalue weighted by atomic mass is 32.2. The highest BCUT2D eigenvalue weighted by Gasteiger charge is 2.33. The Morgan fingerprint density at radius 1 is 0.967 bits per heavy atom. The predicted octanol–water partition coefficient (Wildman–Crippen LogP) is 4.24. The fourth-order valence-corrected chi connectivity index (χ4v) is 4.91. The van der Waals surface area contributed by atoms with Gasteiger partial charge >= 0.3 is 0 Å². The molecule has 3 aromatic carbocycles. The smallest absolute Gasteiger partial charge is 0.260 e. The highest BCUT2D eigenvalue weighted by molar-refractivity contribution is 7.92. The molecule has 0 saturated carbocycles. The normalized spacial score (nSPS) is 15.7. The molecule has 5 nitrogen and oxygen atoms in total. The third-order valence-electron chi connectivity index (χ3n) is 5.40. The van der Waals surface area contributed by atoms with Crippen LogP contribution in [0.15, 0.2) is 78.9 Å². The number of rotatable bonds is 5. The van der Waals surface area contributed by atoms with Crippen molar-refractivity contribution in [3.8, 4) is 0 Å². The number of carbonyl (C=O) groups excluding carboxylic acids is 1. The van der Waals surface area contributed by atoms with Crippen molar-refractivity contribution < 1.29 is 13.2 Å². The fourth-order valence-electron chi connectivity index (χ4n) is 4.01. The molecule has 1 atom stereocenters. The molecule has 1 aliphatic rings. The second kappa shape index (κ2) is 7.95. The van der Waals surface area contributed by atoms with Crippen LogP contribution in [0.3, 0.4) is 0 Å². The number of fused-ring (bicyclic) bond motifs is 1. The minimum absolute atomic E-state index is 0.00348. The number of nitrogens with zero attached hydrogens (tertiary/aromatic N) is 2. The van der Waals surface area contributed by atoms with Gasteiger partial charge in [-0.3, -0.25) is 9.10 Å². The molecule has 0 N–H and O–H groups in total. The Labute approximate surface area is 177 Å². The molecule has 0 bridgehead atoms. The summed E-state index contributed by atoms with van der Waals surface area (Å²) in [5.74, 6) is -0.190. The molecule has 1 heterocycles. The predicted molar refractivity (Wildman–Crippen MR) is 120 cm³/mol. The van der Waals surface area contributed by atoms with Crippen LogP contribution in [0.25, 0.3) is 0 Å². The van der Waals surface area contributed by atoms with Crippen molar-refractivity contribution in [3.63, 3.8) is 0 Å². The van der Waals surface area contributed by atoms with E-state index in [0.717, 1.165) is 23.2 Å². The Balaban J connectivity index is 1.77. The third kappa shape index (κ3) is 3.83. The molecule has 30 heavy (non-hydrogen) atoms. The lowest BCUT2D eigenvalue weighted by Crippen LogP contribution is -2.38. The first-order valence-electron chi connectivity index (χ1n) is 9.88. The zero-order valence-corrected chi connectivity index (χ0v) is 17.8. The molecular formula is C24H24N2O3S. The van der Waals surface area contributed by atoms with Gasteiger partial charge in [0, 0.05) is 11.7 Å². The molecule has 0 spiro atoms. The molecule has 3 aromatic rings. The number of anilines is 2. The van der Waals surface area contributed by atoms with Crippen LogP contribution in [0.4, 0.5) is 11.4 Å². The monoisotopic (exact) mass is 420 g/mol. The van der Waals surface area contributed by atoms with Crippen LogP contribution in [0, 0.1) is 0 Å². The van der Waals surface area contributed by atoms with Gasteiger partial charge in [-0.1, -0.05) is 60.7 Å². The van der Waals surface area contributed by atoms with E-state index in [2.05, 4.69) is 0 Å². The van der Waals surface area contributed by atoms with Gasteiger partial charge in [-0.25, -0.2) is 8.42 Å². The van der Waals surface area contributed by atoms with Crippen molar-refractivity contribution in [2.24, 2.45) is 0 Å². The summed E-state index contributed by atoms with van der Waals surface area (Å²) in [6, 6.07) is 24.2. The van der Waals surface area contributed by atoms with Gasteiger partial charge < -0.3 is 4.90 Å². The Morgan fingerprint density at radius 3 is 2.33 bits per heavy atom. The van der Waals surface area contributed by atoms with E-state index in [4.69, 9.17) is 0 Å². The van der Waals surface area contributed by atoms with Gasteiger partial charge in [0.25, 0.3) is 5.91 Å². The second-order valence-electron chi connectivity index (χ2n) is 7.63. The molecule has 6 heteroatoms. The summed E-state index contributed by atoms with van der Waals surface area (Å²) in [4.78, 5) is 15.4. The van der Waals surface area contributed by atoms with Crippen molar-refractivity contribution in [1.29, 1.82) is 0 Å². The van der Waals surface area contributed by atoms with E-state index in [1.54, 1.807) is 29.2 Å². The van der Waals surface area contributed by atoms with Crippen LogP contribution in [0.2, 0.25) is 0 Å². The second-order valence-corrected chi connectivity index (χ2v) is 9.54. The molecule has 1 amide bonds. The number of hydrogen-bond acceptors (Lipinski definition) is 3. The lowest BCUT2D eigenvalue weighted by atomic mass is 10.1. The van der Waals surface area contributed by atoms with Crippen LogP contribution in [0.5, 0.6) is 0 Å². The van der Waals surface area contributed by atoms with E-state index in [0.29, 0.717) is 11.3 Å². The van der Waals surface area contributed by atoms with E-state index >= 15 is 0 Å². The van der Waals surface area contributed by atoms with Crippen LogP contribution in [-0.2, 0) is 23.0 Å². The highest BCUT2D eigenvalue weighted by Crippen LogP contribution is 2.35. The van der Waals surface area contributed by atoms with E-state index in [1.807, 2.05) is 61.5 Å². The van der Waals surface area contributed by atoms with Crippen LogP contribution >= 0.6 is 0 Å². The molecule has 0 saturated heterocycles. The number of sulfonamides is 1. The van der Waals surface area contributed by atoms with E-state index in [9.17, 15) is 13.2 Å². The molecule has 0 aromatic heterocycles. The lowest BCUT2D eigenvalue weighted by Gasteiger charge is -2.28. The van der Waals surface area contributed by atoms with Gasteiger partial charge in [-0.05, 0) is 42.7 Å². The number of amides is 1. The lowest BCUT2D eigenvalue weighted by molar-refractivity contribution is 0.0982. The largest absolute Gasteiger partial charge is 0.305 e. The maximum absolute atomic E-state index is 13.6. The van der Waals surface area contributed by atoms with Crippen molar-refractivity contribution in [2.75, 3.05) is 15.5 Å². The molecule has 0 radical (unpaired) electrons. The summed E-state index contributed by atoms with van der Waals surface area (Å²) < 4.78 is 26.7. The first-order chi connectivity index (χ1) is 14.4. The Kier molecular flexibility index (Phi) is 5.35. The average molecular weight is 421 g/mol. The quantitative estimate of drug-likeness (QED) is 0.620. The third-order valence-corrected chi connectivity index (χ3v) is 6.52. The minimum atomic E-state index is -3.61. The number of para-hydroxylation sites is 2. The first kappa shape index (κ1) is 20.2. The first-order valence-corrected chi connectivity index (χ1v) is 11.7. The maximum Gasteiger partial charge on any atom is 0.260 e. The van der Waals surface area contributed by atoms with Crippen molar-refractivity contribution in [3.05, 3.63) is 95.6 Å². The fraction of sp³-hybridized carbons (Fsp3) is 0.208. The zero-order valence-electron chi connectivity index (χ0n) is 17.0. The number of hydrogen-bond donors (Lipinski definition) is 0. The van der Waals surface area contributed by atoms with Gasteiger partial charge in [0.05, 0.1) is 24.1 Å². The van der Waals surface area contributed by atoms with E-state index in [-0.39, 0.29) is 18.5 Å². The summed E-state index contributed by atoms with van der Waals surface area (Å²) in [7, 11) is -3.61. The zero-order chi connectivity index (χ0) is 21.3. The van der Waals surface area contributed by atoms with Crippen LogP contribution in [-0.4, -0.2) is 26.6 Å².